The highest BCUT2D eigenvalue weighted by molar-refractivity contribution is 5.70. The van der Waals surface area contributed by atoms with E-state index < -0.39 is 5.97 Å². The molecule has 3 unspecified atom stereocenters. The standard InChI is InChI=1S/C15H21NO4/c1-9(11-6-13(17)8-14(18)7-11)16-12-4-2-3-10(5-12)15(19)20/h6-10,12,16-18H,2-5H2,1H3,(H,19,20). The quantitative estimate of drug-likeness (QED) is 0.679. The Labute approximate surface area is 118 Å². The molecular weight excluding hydrogens is 258 g/mol. The fraction of sp³-hybridized carbons (Fsp3) is 0.533. The van der Waals surface area contributed by atoms with Crippen molar-refractivity contribution in [1.82, 2.24) is 5.32 Å². The fourth-order valence-electron chi connectivity index (χ4n) is 2.88. The van der Waals surface area contributed by atoms with Gasteiger partial charge in [-0.2, -0.15) is 0 Å². The second-order valence-electron chi connectivity index (χ2n) is 5.57. The molecule has 110 valence electrons. The van der Waals surface area contributed by atoms with Crippen LogP contribution in [-0.4, -0.2) is 27.3 Å². The molecule has 1 aromatic rings. The van der Waals surface area contributed by atoms with Crippen LogP contribution < -0.4 is 5.32 Å². The van der Waals surface area contributed by atoms with E-state index in [1.54, 1.807) is 12.1 Å². The first-order valence-electron chi connectivity index (χ1n) is 6.97. The van der Waals surface area contributed by atoms with E-state index >= 15 is 0 Å². The zero-order chi connectivity index (χ0) is 14.7. The maximum atomic E-state index is 11.1. The monoisotopic (exact) mass is 279 g/mol. The van der Waals surface area contributed by atoms with Crippen LogP contribution in [0.4, 0.5) is 0 Å². The van der Waals surface area contributed by atoms with Gasteiger partial charge in [-0.3, -0.25) is 4.79 Å². The first-order valence-corrected chi connectivity index (χ1v) is 6.97. The Kier molecular flexibility index (Phi) is 4.49. The molecule has 0 spiro atoms. The minimum absolute atomic E-state index is 0.0284. The van der Waals surface area contributed by atoms with E-state index in [0.717, 1.165) is 24.8 Å². The van der Waals surface area contributed by atoms with E-state index in [1.165, 1.54) is 6.07 Å². The number of carboxylic acids is 1. The number of aliphatic carboxylic acids is 1. The highest BCUT2D eigenvalue weighted by Crippen LogP contribution is 2.29. The molecule has 1 saturated carbocycles. The lowest BCUT2D eigenvalue weighted by atomic mass is 9.85. The molecule has 1 aliphatic carbocycles. The van der Waals surface area contributed by atoms with Gasteiger partial charge in [-0.1, -0.05) is 6.42 Å². The van der Waals surface area contributed by atoms with Crippen LogP contribution >= 0.6 is 0 Å². The second-order valence-corrected chi connectivity index (χ2v) is 5.57. The molecule has 3 atom stereocenters. The van der Waals surface area contributed by atoms with Gasteiger partial charge in [0.15, 0.2) is 0 Å². The Bertz CT molecular complexity index is 469. The topological polar surface area (TPSA) is 89.8 Å². The summed E-state index contributed by atoms with van der Waals surface area (Å²) in [5.74, 6) is -0.938. The van der Waals surface area contributed by atoms with E-state index in [4.69, 9.17) is 5.11 Å². The number of aromatic hydroxyl groups is 2. The number of hydrogen-bond acceptors (Lipinski definition) is 4. The molecule has 0 amide bonds. The summed E-state index contributed by atoms with van der Waals surface area (Å²) in [6, 6.07) is 4.61. The summed E-state index contributed by atoms with van der Waals surface area (Å²) in [6.45, 7) is 1.94. The minimum atomic E-state index is -0.723. The molecule has 0 aliphatic heterocycles. The van der Waals surface area contributed by atoms with Crippen molar-refractivity contribution in [3.05, 3.63) is 23.8 Å². The predicted octanol–water partition coefficient (Wildman–Crippen LogP) is 2.39. The van der Waals surface area contributed by atoms with E-state index in [9.17, 15) is 15.0 Å². The molecule has 5 nitrogen and oxygen atoms in total. The highest BCUT2D eigenvalue weighted by Gasteiger charge is 2.27. The van der Waals surface area contributed by atoms with Crippen molar-refractivity contribution in [3.8, 4) is 11.5 Å². The van der Waals surface area contributed by atoms with Crippen molar-refractivity contribution in [2.45, 2.75) is 44.7 Å². The second kappa shape index (κ2) is 6.13. The number of phenolic OH excluding ortho intramolecular Hbond substituents is 2. The summed E-state index contributed by atoms with van der Waals surface area (Å²) in [4.78, 5) is 11.1. The molecule has 0 bridgehead atoms. The Morgan fingerprint density at radius 1 is 1.25 bits per heavy atom. The Morgan fingerprint density at radius 2 is 1.90 bits per heavy atom. The van der Waals surface area contributed by atoms with Crippen LogP contribution in [0.15, 0.2) is 18.2 Å². The van der Waals surface area contributed by atoms with Crippen LogP contribution in [0.3, 0.4) is 0 Å². The Morgan fingerprint density at radius 3 is 2.50 bits per heavy atom. The van der Waals surface area contributed by atoms with Gasteiger partial charge in [-0.15, -0.1) is 0 Å². The first kappa shape index (κ1) is 14.7. The largest absolute Gasteiger partial charge is 0.508 e. The van der Waals surface area contributed by atoms with Gasteiger partial charge in [-0.25, -0.2) is 0 Å². The summed E-state index contributed by atoms with van der Waals surface area (Å²) in [6.07, 6.45) is 3.24. The number of phenols is 2. The number of rotatable bonds is 4. The van der Waals surface area contributed by atoms with Gasteiger partial charge in [-0.05, 0) is 43.9 Å². The van der Waals surface area contributed by atoms with Crippen LogP contribution in [0.1, 0.15) is 44.2 Å². The molecule has 0 saturated heterocycles. The minimum Gasteiger partial charge on any atom is -0.508 e. The Hall–Kier alpha value is -1.75. The van der Waals surface area contributed by atoms with Crippen molar-refractivity contribution < 1.29 is 20.1 Å². The van der Waals surface area contributed by atoms with Crippen LogP contribution in [0.2, 0.25) is 0 Å². The molecule has 0 heterocycles. The molecule has 5 heteroatoms. The molecule has 0 aromatic heterocycles. The molecule has 0 radical (unpaired) electrons. The summed E-state index contributed by atoms with van der Waals surface area (Å²) in [7, 11) is 0. The van der Waals surface area contributed by atoms with E-state index in [-0.39, 0.29) is 29.5 Å². The van der Waals surface area contributed by atoms with Crippen LogP contribution in [0, 0.1) is 5.92 Å². The molecule has 20 heavy (non-hydrogen) atoms. The van der Waals surface area contributed by atoms with Gasteiger partial charge in [0.1, 0.15) is 11.5 Å². The molecule has 2 rings (SSSR count). The maximum absolute atomic E-state index is 11.1. The van der Waals surface area contributed by atoms with Crippen molar-refractivity contribution in [3.63, 3.8) is 0 Å². The normalized spacial score (nSPS) is 24.2. The average Bonchev–Trinajstić information content (AvgIpc) is 2.37. The van der Waals surface area contributed by atoms with Gasteiger partial charge < -0.3 is 20.6 Å². The third-order valence-electron chi connectivity index (χ3n) is 3.93. The van der Waals surface area contributed by atoms with Crippen molar-refractivity contribution >= 4 is 5.97 Å². The van der Waals surface area contributed by atoms with Crippen molar-refractivity contribution in [1.29, 1.82) is 0 Å². The number of carbonyl (C=O) groups is 1. The SMILES string of the molecule is CC(NC1CCCC(C(=O)O)C1)c1cc(O)cc(O)c1. The van der Waals surface area contributed by atoms with Crippen LogP contribution in [0.25, 0.3) is 0 Å². The average molecular weight is 279 g/mol. The van der Waals surface area contributed by atoms with Gasteiger partial charge in [0.2, 0.25) is 0 Å². The third-order valence-corrected chi connectivity index (χ3v) is 3.93. The first-order chi connectivity index (χ1) is 9.45. The van der Waals surface area contributed by atoms with Gasteiger partial charge >= 0.3 is 5.97 Å². The zero-order valence-electron chi connectivity index (χ0n) is 11.5. The fourth-order valence-corrected chi connectivity index (χ4v) is 2.88. The molecular formula is C15H21NO4. The van der Waals surface area contributed by atoms with Crippen molar-refractivity contribution in [2.75, 3.05) is 0 Å². The lowest BCUT2D eigenvalue weighted by Gasteiger charge is -2.30. The Balaban J connectivity index is 2.00. The molecule has 4 N–H and O–H groups in total. The zero-order valence-corrected chi connectivity index (χ0v) is 11.5. The van der Waals surface area contributed by atoms with Crippen LogP contribution in [0.5, 0.6) is 11.5 Å². The number of carboxylic acid groups (broad SMARTS) is 1. The molecule has 1 fully saturated rings. The van der Waals surface area contributed by atoms with Gasteiger partial charge in [0.25, 0.3) is 0 Å². The lowest BCUT2D eigenvalue weighted by molar-refractivity contribution is -0.143. The van der Waals surface area contributed by atoms with E-state index in [2.05, 4.69) is 5.32 Å². The van der Waals surface area contributed by atoms with Crippen LogP contribution in [-0.2, 0) is 4.79 Å². The number of benzene rings is 1. The van der Waals surface area contributed by atoms with Gasteiger partial charge in [0.05, 0.1) is 5.92 Å². The molecule has 1 aliphatic rings. The smallest absolute Gasteiger partial charge is 0.306 e. The van der Waals surface area contributed by atoms with Crippen molar-refractivity contribution in [2.24, 2.45) is 5.92 Å². The summed E-state index contributed by atoms with van der Waals surface area (Å²) < 4.78 is 0. The predicted molar refractivity (Wildman–Crippen MR) is 74.7 cm³/mol. The third kappa shape index (κ3) is 3.63. The highest BCUT2D eigenvalue weighted by atomic mass is 16.4. The number of hydrogen-bond donors (Lipinski definition) is 4. The van der Waals surface area contributed by atoms with Gasteiger partial charge in [0, 0.05) is 18.2 Å². The van der Waals surface area contributed by atoms with E-state index in [0.29, 0.717) is 6.42 Å². The number of nitrogens with one attached hydrogen (secondary N) is 1. The summed E-state index contributed by atoms with van der Waals surface area (Å²) in [5.41, 5.74) is 0.792. The molecule has 1 aromatic carbocycles. The summed E-state index contributed by atoms with van der Waals surface area (Å²) in [5, 5.41) is 31.5. The lowest BCUT2D eigenvalue weighted by Crippen LogP contribution is -2.37. The van der Waals surface area contributed by atoms with E-state index in [1.807, 2.05) is 6.92 Å². The summed E-state index contributed by atoms with van der Waals surface area (Å²) >= 11 is 0. The maximum Gasteiger partial charge on any atom is 0.306 e.